The molecule has 0 aliphatic carbocycles. The maximum absolute atomic E-state index is 5.62. The summed E-state index contributed by atoms with van der Waals surface area (Å²) in [5, 5.41) is 0. The molecule has 0 saturated heterocycles. The molecule has 0 amide bonds. The van der Waals surface area contributed by atoms with E-state index in [0.717, 1.165) is 30.8 Å². The lowest BCUT2D eigenvalue weighted by Gasteiger charge is -2.28. The number of anilines is 1. The zero-order valence-electron chi connectivity index (χ0n) is 22.9. The Morgan fingerprint density at radius 1 is 0.811 bits per heavy atom. The predicted octanol–water partition coefficient (Wildman–Crippen LogP) is 8.96. The summed E-state index contributed by atoms with van der Waals surface area (Å²) in [5.41, 5.74) is 11.4. The number of allylic oxidation sites excluding steroid dienone is 1. The largest absolute Gasteiger partial charge is 0.496 e. The minimum absolute atomic E-state index is 0.406. The Hall–Kier alpha value is -3.78. The van der Waals surface area contributed by atoms with Gasteiger partial charge in [0.15, 0.2) is 0 Å². The molecule has 0 bridgehead atoms. The van der Waals surface area contributed by atoms with E-state index in [2.05, 4.69) is 130 Å². The Balaban J connectivity index is 1.73. The molecule has 0 N–H and O–H groups in total. The van der Waals surface area contributed by atoms with Crippen LogP contribution in [0.15, 0.2) is 97.6 Å². The molecular formula is C35H39NO. The molecule has 190 valence electrons. The summed E-state index contributed by atoms with van der Waals surface area (Å²) in [7, 11) is 1.75. The first kappa shape index (κ1) is 26.3. The van der Waals surface area contributed by atoms with Gasteiger partial charge in [0.05, 0.1) is 7.11 Å². The van der Waals surface area contributed by atoms with Crippen molar-refractivity contribution in [3.8, 4) is 5.75 Å². The number of ether oxygens (including phenoxy) is 1. The third-order valence-corrected chi connectivity index (χ3v) is 7.01. The number of rotatable bonds is 10. The first-order valence-corrected chi connectivity index (χ1v) is 13.1. The fourth-order valence-electron chi connectivity index (χ4n) is 4.99. The average molecular weight is 490 g/mol. The van der Waals surface area contributed by atoms with Crippen molar-refractivity contribution in [2.75, 3.05) is 12.0 Å². The van der Waals surface area contributed by atoms with Gasteiger partial charge in [-0.2, -0.15) is 0 Å². The summed E-state index contributed by atoms with van der Waals surface area (Å²) in [4.78, 5) is 2.47. The second-order valence-corrected chi connectivity index (χ2v) is 10.3. The molecule has 4 rings (SSSR count). The zero-order valence-corrected chi connectivity index (χ0v) is 22.9. The Morgan fingerprint density at radius 3 is 1.92 bits per heavy atom. The van der Waals surface area contributed by atoms with Gasteiger partial charge in [-0.05, 0) is 83.3 Å². The molecule has 2 nitrogen and oxygen atoms in total. The predicted molar refractivity (Wildman–Crippen MR) is 159 cm³/mol. The third kappa shape index (κ3) is 6.51. The molecule has 0 aromatic heterocycles. The van der Waals surface area contributed by atoms with Crippen LogP contribution in [0.4, 0.5) is 5.69 Å². The van der Waals surface area contributed by atoms with Gasteiger partial charge in [-0.25, -0.2) is 0 Å². The monoisotopic (exact) mass is 489 g/mol. The third-order valence-electron chi connectivity index (χ3n) is 7.01. The van der Waals surface area contributed by atoms with Crippen LogP contribution in [-0.4, -0.2) is 7.11 Å². The van der Waals surface area contributed by atoms with Crippen LogP contribution in [0, 0.1) is 6.92 Å². The summed E-state index contributed by atoms with van der Waals surface area (Å²) in [6, 6.07) is 32.7. The highest BCUT2D eigenvalue weighted by atomic mass is 16.5. The van der Waals surface area contributed by atoms with Crippen molar-refractivity contribution in [1.29, 1.82) is 0 Å². The van der Waals surface area contributed by atoms with Crippen molar-refractivity contribution >= 4 is 11.3 Å². The van der Waals surface area contributed by atoms with Gasteiger partial charge in [-0.3, -0.25) is 0 Å². The lowest BCUT2D eigenvalue weighted by molar-refractivity contribution is 0.407. The number of aryl methyl sites for hydroxylation is 1. The number of methoxy groups -OCH3 is 1. The topological polar surface area (TPSA) is 12.5 Å². The average Bonchev–Trinajstić information content (AvgIpc) is 2.90. The van der Waals surface area contributed by atoms with Crippen molar-refractivity contribution in [2.45, 2.75) is 53.1 Å². The summed E-state index contributed by atoms with van der Waals surface area (Å²) in [6.45, 7) is 14.9. The van der Waals surface area contributed by atoms with E-state index < -0.39 is 0 Å². The molecule has 4 aromatic carbocycles. The second-order valence-electron chi connectivity index (χ2n) is 10.3. The fraction of sp³-hybridized carbons (Fsp3) is 0.257. The van der Waals surface area contributed by atoms with E-state index in [4.69, 9.17) is 4.74 Å². The van der Waals surface area contributed by atoms with E-state index in [1.165, 1.54) is 44.6 Å². The van der Waals surface area contributed by atoms with Crippen molar-refractivity contribution in [1.82, 2.24) is 0 Å². The Morgan fingerprint density at radius 2 is 1.41 bits per heavy atom. The van der Waals surface area contributed by atoms with Crippen LogP contribution in [0.25, 0.3) is 5.57 Å². The molecule has 4 aromatic rings. The molecule has 37 heavy (non-hydrogen) atoms. The Kier molecular flexibility index (Phi) is 8.50. The van der Waals surface area contributed by atoms with Crippen LogP contribution in [-0.2, 0) is 19.5 Å². The lowest BCUT2D eigenvalue weighted by Crippen LogP contribution is -2.22. The van der Waals surface area contributed by atoms with Gasteiger partial charge in [0.25, 0.3) is 0 Å². The number of nitrogens with zero attached hydrogens (tertiary/aromatic N) is 1. The van der Waals surface area contributed by atoms with E-state index in [9.17, 15) is 0 Å². The lowest BCUT2D eigenvalue weighted by atomic mass is 9.90. The van der Waals surface area contributed by atoms with Crippen LogP contribution >= 0.6 is 0 Å². The van der Waals surface area contributed by atoms with Crippen LogP contribution in [0.3, 0.4) is 0 Å². The molecule has 0 aliphatic rings. The summed E-state index contributed by atoms with van der Waals surface area (Å²) >= 11 is 0. The smallest absolute Gasteiger partial charge is 0.122 e. The first-order valence-electron chi connectivity index (χ1n) is 13.1. The zero-order chi connectivity index (χ0) is 26.4. The molecule has 0 aliphatic heterocycles. The maximum Gasteiger partial charge on any atom is 0.122 e. The standard InChI is InChI=1S/C35H39NO/c1-25(2)32-22-31(36(23-28-13-9-7-10-14-28)24-29-15-11-8-12-16-29)19-27(5)34(32)21-30-17-18-35(37-6)33(20-30)26(3)4/h7-20,22,26H,1,21,23-24H2,2-6H3. The summed E-state index contributed by atoms with van der Waals surface area (Å²) in [6.07, 6.45) is 0.870. The molecule has 0 fully saturated rings. The van der Waals surface area contributed by atoms with Crippen molar-refractivity contribution < 1.29 is 4.74 Å². The molecule has 2 heteroatoms. The van der Waals surface area contributed by atoms with Crippen molar-refractivity contribution in [3.05, 3.63) is 137 Å². The number of hydrogen-bond acceptors (Lipinski definition) is 2. The molecule has 0 radical (unpaired) electrons. The number of benzene rings is 4. The SMILES string of the molecule is C=C(C)c1cc(N(Cc2ccccc2)Cc2ccccc2)cc(C)c1Cc1ccc(OC)c(C(C)C)c1. The Bertz CT molecular complexity index is 1300. The van der Waals surface area contributed by atoms with Gasteiger partial charge >= 0.3 is 0 Å². The quantitative estimate of drug-likeness (QED) is 0.220. The fourth-order valence-corrected chi connectivity index (χ4v) is 4.99. The first-order chi connectivity index (χ1) is 17.9. The van der Waals surface area contributed by atoms with Gasteiger partial charge in [-0.1, -0.05) is 98.8 Å². The van der Waals surface area contributed by atoms with E-state index in [0.29, 0.717) is 5.92 Å². The summed E-state index contributed by atoms with van der Waals surface area (Å²) in [5.74, 6) is 1.37. The van der Waals surface area contributed by atoms with E-state index >= 15 is 0 Å². The molecule has 0 spiro atoms. The molecule has 0 saturated carbocycles. The van der Waals surface area contributed by atoms with E-state index in [-0.39, 0.29) is 0 Å². The van der Waals surface area contributed by atoms with E-state index in [1.54, 1.807) is 7.11 Å². The van der Waals surface area contributed by atoms with Gasteiger partial charge in [0.1, 0.15) is 5.75 Å². The van der Waals surface area contributed by atoms with Gasteiger partial charge in [0.2, 0.25) is 0 Å². The van der Waals surface area contributed by atoms with Crippen LogP contribution in [0.1, 0.15) is 65.6 Å². The van der Waals surface area contributed by atoms with Gasteiger partial charge in [-0.15, -0.1) is 0 Å². The van der Waals surface area contributed by atoms with Crippen LogP contribution in [0.5, 0.6) is 5.75 Å². The van der Waals surface area contributed by atoms with Gasteiger partial charge < -0.3 is 9.64 Å². The molecular weight excluding hydrogens is 450 g/mol. The minimum Gasteiger partial charge on any atom is -0.496 e. The van der Waals surface area contributed by atoms with Crippen LogP contribution in [0.2, 0.25) is 0 Å². The van der Waals surface area contributed by atoms with Crippen molar-refractivity contribution in [2.24, 2.45) is 0 Å². The van der Waals surface area contributed by atoms with Crippen LogP contribution < -0.4 is 9.64 Å². The van der Waals surface area contributed by atoms with Crippen molar-refractivity contribution in [3.63, 3.8) is 0 Å². The molecule has 0 heterocycles. The molecule has 0 unspecified atom stereocenters. The van der Waals surface area contributed by atoms with E-state index in [1.807, 2.05) is 0 Å². The molecule has 0 atom stereocenters. The second kappa shape index (κ2) is 12.0. The highest BCUT2D eigenvalue weighted by Gasteiger charge is 2.16. The highest BCUT2D eigenvalue weighted by molar-refractivity contribution is 5.71. The highest BCUT2D eigenvalue weighted by Crippen LogP contribution is 2.33. The normalized spacial score (nSPS) is 11.0. The minimum atomic E-state index is 0.406. The Labute approximate surface area is 223 Å². The summed E-state index contributed by atoms with van der Waals surface area (Å²) < 4.78 is 5.62. The van der Waals surface area contributed by atoms with Gasteiger partial charge in [0, 0.05) is 18.8 Å². The maximum atomic E-state index is 5.62. The number of hydrogen-bond donors (Lipinski definition) is 0.